The molecular weight excluding hydrogens is 771 g/mol. The lowest BCUT2D eigenvalue weighted by molar-refractivity contribution is 0.751. The lowest BCUT2D eigenvalue weighted by atomic mass is 9.66. The van der Waals surface area contributed by atoms with Gasteiger partial charge in [0.15, 0.2) is 0 Å². The zero-order valence-corrected chi connectivity index (χ0v) is 35.5. The van der Waals surface area contributed by atoms with Crippen LogP contribution in [0.25, 0.3) is 66.1 Å². The summed E-state index contributed by atoms with van der Waals surface area (Å²) in [5, 5.41) is 4.98. The van der Waals surface area contributed by atoms with Gasteiger partial charge < -0.3 is 4.90 Å². The van der Waals surface area contributed by atoms with Gasteiger partial charge in [0.2, 0.25) is 0 Å². The molecule has 2 aliphatic carbocycles. The van der Waals surface area contributed by atoms with E-state index in [1.807, 2.05) is 0 Å². The molecule has 1 atom stereocenters. The first kappa shape index (κ1) is 37.7. The number of allylic oxidation sites excluding steroid dienone is 4. The third-order valence-electron chi connectivity index (χ3n) is 13.5. The predicted octanol–water partition coefficient (Wildman–Crippen LogP) is 17.1. The molecule has 0 N–H and O–H groups in total. The molecule has 302 valence electrons. The molecule has 1 heteroatoms. The Morgan fingerprint density at radius 3 is 1.83 bits per heavy atom. The predicted molar refractivity (Wildman–Crippen MR) is 271 cm³/mol. The van der Waals surface area contributed by atoms with E-state index in [-0.39, 0.29) is 0 Å². The summed E-state index contributed by atoms with van der Waals surface area (Å²) in [6.07, 6.45) is 9.31. The van der Waals surface area contributed by atoms with Crippen molar-refractivity contribution in [1.29, 1.82) is 0 Å². The summed E-state index contributed by atoms with van der Waals surface area (Å²) in [7, 11) is 0. The molecule has 0 fully saturated rings. The molecule has 12 rings (SSSR count). The minimum Gasteiger partial charge on any atom is -0.310 e. The van der Waals surface area contributed by atoms with Gasteiger partial charge in [0.05, 0.1) is 5.41 Å². The van der Waals surface area contributed by atoms with Crippen molar-refractivity contribution in [3.63, 3.8) is 0 Å². The summed E-state index contributed by atoms with van der Waals surface area (Å²) < 4.78 is 0. The van der Waals surface area contributed by atoms with E-state index in [0.717, 1.165) is 29.9 Å². The van der Waals surface area contributed by atoms with Gasteiger partial charge in [-0.25, -0.2) is 0 Å². The fourth-order valence-electron chi connectivity index (χ4n) is 10.6. The highest BCUT2D eigenvalue weighted by atomic mass is 15.1. The second-order valence-corrected chi connectivity index (χ2v) is 17.1. The zero-order valence-electron chi connectivity index (χ0n) is 35.5. The molecular formula is C63H45N. The molecule has 0 saturated heterocycles. The quantitative estimate of drug-likeness (QED) is 0.148. The van der Waals surface area contributed by atoms with Crippen LogP contribution in [0.5, 0.6) is 0 Å². The van der Waals surface area contributed by atoms with Crippen LogP contribution in [0.4, 0.5) is 17.1 Å². The number of nitrogens with zero attached hydrogens (tertiary/aromatic N) is 1. The Kier molecular flexibility index (Phi) is 9.27. The van der Waals surface area contributed by atoms with Crippen LogP contribution in [0, 0.1) is 0 Å². The van der Waals surface area contributed by atoms with Crippen LogP contribution in [0.1, 0.15) is 29.5 Å². The van der Waals surface area contributed by atoms with E-state index in [9.17, 15) is 0 Å². The van der Waals surface area contributed by atoms with E-state index in [2.05, 4.69) is 254 Å². The molecule has 0 spiro atoms. The maximum absolute atomic E-state index is 2.49. The minimum atomic E-state index is -0.469. The van der Waals surface area contributed by atoms with E-state index in [1.54, 1.807) is 0 Å². The van der Waals surface area contributed by atoms with Crippen molar-refractivity contribution in [2.24, 2.45) is 0 Å². The highest BCUT2D eigenvalue weighted by Crippen LogP contribution is 2.58. The first-order valence-electron chi connectivity index (χ1n) is 22.5. The first-order chi connectivity index (χ1) is 31.7. The highest BCUT2D eigenvalue weighted by Gasteiger charge is 2.47. The summed E-state index contributed by atoms with van der Waals surface area (Å²) in [6.45, 7) is 0. The third kappa shape index (κ3) is 6.23. The molecule has 0 radical (unpaired) electrons. The Morgan fingerprint density at radius 1 is 0.359 bits per heavy atom. The molecule has 2 aliphatic rings. The zero-order chi connectivity index (χ0) is 42.5. The topological polar surface area (TPSA) is 3.24 Å². The van der Waals surface area contributed by atoms with E-state index < -0.39 is 5.41 Å². The minimum absolute atomic E-state index is 0.469. The Balaban J connectivity index is 1.07. The number of hydrogen-bond acceptors (Lipinski definition) is 1. The number of benzene rings is 10. The summed E-state index contributed by atoms with van der Waals surface area (Å²) in [6, 6.07) is 85.2. The molecule has 0 saturated carbocycles. The number of fused-ring (bicyclic) bond motifs is 5. The molecule has 0 heterocycles. The van der Waals surface area contributed by atoms with Gasteiger partial charge in [-0.15, -0.1) is 0 Å². The van der Waals surface area contributed by atoms with E-state index in [0.29, 0.717) is 0 Å². The molecule has 10 aromatic carbocycles. The van der Waals surface area contributed by atoms with Crippen molar-refractivity contribution in [3.8, 4) is 44.5 Å². The largest absolute Gasteiger partial charge is 0.310 e. The van der Waals surface area contributed by atoms with E-state index >= 15 is 0 Å². The van der Waals surface area contributed by atoms with Crippen LogP contribution >= 0.6 is 0 Å². The normalized spacial score (nSPS) is 15.2. The molecule has 0 aliphatic heterocycles. The third-order valence-corrected chi connectivity index (χ3v) is 13.5. The van der Waals surface area contributed by atoms with Gasteiger partial charge in [-0.1, -0.05) is 206 Å². The molecule has 0 amide bonds. The molecule has 0 bridgehead atoms. The van der Waals surface area contributed by atoms with Crippen LogP contribution in [-0.4, -0.2) is 0 Å². The van der Waals surface area contributed by atoms with Crippen LogP contribution in [0.2, 0.25) is 0 Å². The Bertz CT molecular complexity index is 3430. The van der Waals surface area contributed by atoms with Gasteiger partial charge in [0, 0.05) is 17.1 Å². The fraction of sp³-hybridized carbons (Fsp3) is 0.0476. The monoisotopic (exact) mass is 815 g/mol. The highest BCUT2D eigenvalue weighted by molar-refractivity contribution is 6.04. The van der Waals surface area contributed by atoms with Crippen LogP contribution < -0.4 is 4.90 Å². The van der Waals surface area contributed by atoms with Gasteiger partial charge in [-0.2, -0.15) is 0 Å². The Morgan fingerprint density at radius 2 is 1.00 bits per heavy atom. The maximum Gasteiger partial charge on any atom is 0.0711 e. The lowest BCUT2D eigenvalue weighted by Crippen LogP contribution is -2.29. The summed E-state index contributed by atoms with van der Waals surface area (Å²) >= 11 is 0. The van der Waals surface area contributed by atoms with Gasteiger partial charge >= 0.3 is 0 Å². The summed E-state index contributed by atoms with van der Waals surface area (Å²) in [4.78, 5) is 2.46. The SMILES string of the molecule is C1=CC(C2(c3ccccc3)c3ccccc3-c3ccc(N(c4ccc(-c5ccc6ccccc6c5)cc4)c4cccc(-c5ccc6ccccc6c5-c5ccccc5)c4)cc32)=CCC1. The van der Waals surface area contributed by atoms with Crippen LogP contribution in [-0.2, 0) is 5.41 Å². The van der Waals surface area contributed by atoms with E-state index in [1.165, 1.54) is 88.3 Å². The van der Waals surface area contributed by atoms with Crippen molar-refractivity contribution in [2.45, 2.75) is 18.3 Å². The van der Waals surface area contributed by atoms with Gasteiger partial charge in [0.1, 0.15) is 0 Å². The van der Waals surface area contributed by atoms with Crippen molar-refractivity contribution in [1.82, 2.24) is 0 Å². The fourth-order valence-corrected chi connectivity index (χ4v) is 10.6. The van der Waals surface area contributed by atoms with Crippen molar-refractivity contribution in [3.05, 3.63) is 271 Å². The average molecular weight is 816 g/mol. The van der Waals surface area contributed by atoms with Crippen LogP contribution in [0.15, 0.2) is 254 Å². The van der Waals surface area contributed by atoms with Gasteiger partial charge in [-0.05, 0) is 144 Å². The number of hydrogen-bond donors (Lipinski definition) is 0. The summed E-state index contributed by atoms with van der Waals surface area (Å²) in [5.41, 5.74) is 17.9. The Labute approximate surface area is 375 Å². The standard InChI is InChI=1S/C63H45N/c1-4-19-47(20-5-1)62-56-28-13-12-18-46(56)35-39-57(62)50-22-16-27-54(42-50)64(53-36-33-45(34-37-53)49-32-31-44-17-10-11-21-48(44)41-49)55-38-40-59-58-29-14-15-30-60(58)63(61(59)43-55,51-23-6-2-7-24-51)52-25-8-3-9-26-52/h1-2,4-8,10-43H,3,9H2. The number of rotatable bonds is 8. The lowest BCUT2D eigenvalue weighted by Gasteiger charge is -2.36. The van der Waals surface area contributed by atoms with Gasteiger partial charge in [0.25, 0.3) is 0 Å². The molecule has 1 nitrogen and oxygen atoms in total. The second kappa shape index (κ2) is 15.7. The smallest absolute Gasteiger partial charge is 0.0711 e. The van der Waals surface area contributed by atoms with Crippen molar-refractivity contribution < 1.29 is 0 Å². The van der Waals surface area contributed by atoms with Crippen molar-refractivity contribution in [2.75, 3.05) is 4.90 Å². The van der Waals surface area contributed by atoms with Crippen LogP contribution in [0.3, 0.4) is 0 Å². The maximum atomic E-state index is 2.49. The van der Waals surface area contributed by atoms with Gasteiger partial charge in [-0.3, -0.25) is 0 Å². The van der Waals surface area contributed by atoms with Crippen molar-refractivity contribution >= 4 is 38.6 Å². The average Bonchev–Trinajstić information content (AvgIpc) is 3.67. The molecule has 1 unspecified atom stereocenters. The second-order valence-electron chi connectivity index (χ2n) is 17.1. The first-order valence-corrected chi connectivity index (χ1v) is 22.5. The molecule has 64 heavy (non-hydrogen) atoms. The molecule has 10 aromatic rings. The number of anilines is 3. The summed E-state index contributed by atoms with van der Waals surface area (Å²) in [5.74, 6) is 0. The van der Waals surface area contributed by atoms with E-state index in [4.69, 9.17) is 0 Å². The molecule has 0 aromatic heterocycles. The Hall–Kier alpha value is -8.00.